The van der Waals surface area contributed by atoms with Crippen LogP contribution in [0.25, 0.3) is 11.3 Å². The first kappa shape index (κ1) is 18.5. The Morgan fingerprint density at radius 1 is 0.967 bits per heavy atom. The number of fused-ring (bicyclic) bond motifs is 2. The monoisotopic (exact) mass is 399 g/mol. The standard InChI is InChI=1S/C24H21N3O3/c28-22(27-21-15-25-20(14-26-21)16-6-2-1-3-7-16)17-10-12-24(13-11-17)19-9-5-4-8-18(19)23(29)30-24/h1-9,14-15,17H,10-13H2,(H,26,27,28). The largest absolute Gasteiger partial charge is 0.451 e. The second-order valence-corrected chi connectivity index (χ2v) is 7.85. The highest BCUT2D eigenvalue weighted by atomic mass is 16.6. The van der Waals surface area contributed by atoms with Crippen molar-refractivity contribution in [3.8, 4) is 11.3 Å². The van der Waals surface area contributed by atoms with Gasteiger partial charge >= 0.3 is 5.97 Å². The SMILES string of the molecule is O=C1OC2(CCC(C(=O)Nc3cnc(-c4ccccc4)cn3)CC2)c2ccccc21. The molecule has 1 spiro atoms. The third-order valence-corrected chi connectivity index (χ3v) is 6.06. The summed E-state index contributed by atoms with van der Waals surface area (Å²) in [5, 5.41) is 2.88. The van der Waals surface area contributed by atoms with Crippen molar-refractivity contribution < 1.29 is 14.3 Å². The predicted octanol–water partition coefficient (Wildman–Crippen LogP) is 4.34. The van der Waals surface area contributed by atoms with Crippen molar-refractivity contribution in [1.29, 1.82) is 0 Å². The molecule has 1 aliphatic heterocycles. The van der Waals surface area contributed by atoms with Gasteiger partial charge < -0.3 is 10.1 Å². The number of aromatic nitrogens is 2. The Morgan fingerprint density at radius 3 is 2.43 bits per heavy atom. The van der Waals surface area contributed by atoms with Crippen molar-refractivity contribution in [3.63, 3.8) is 0 Å². The maximum atomic E-state index is 12.7. The topological polar surface area (TPSA) is 81.2 Å². The van der Waals surface area contributed by atoms with Crippen LogP contribution in [0, 0.1) is 5.92 Å². The fourth-order valence-electron chi connectivity index (χ4n) is 4.44. The normalized spacial score (nSPS) is 22.4. The molecule has 6 nitrogen and oxygen atoms in total. The average molecular weight is 399 g/mol. The van der Waals surface area contributed by atoms with E-state index in [9.17, 15) is 9.59 Å². The zero-order valence-electron chi connectivity index (χ0n) is 16.4. The highest BCUT2D eigenvalue weighted by Gasteiger charge is 2.48. The molecule has 1 aliphatic carbocycles. The van der Waals surface area contributed by atoms with E-state index in [0.717, 1.165) is 16.8 Å². The van der Waals surface area contributed by atoms with Crippen LogP contribution >= 0.6 is 0 Å². The average Bonchev–Trinajstić information content (AvgIpc) is 3.07. The van der Waals surface area contributed by atoms with Crippen molar-refractivity contribution in [2.24, 2.45) is 5.92 Å². The van der Waals surface area contributed by atoms with Crippen LogP contribution in [0.4, 0.5) is 5.82 Å². The number of amides is 1. The van der Waals surface area contributed by atoms with Gasteiger partial charge in [-0.2, -0.15) is 0 Å². The highest BCUT2D eigenvalue weighted by Crippen LogP contribution is 2.48. The maximum Gasteiger partial charge on any atom is 0.339 e. The van der Waals surface area contributed by atoms with Gasteiger partial charge in [0.15, 0.2) is 5.82 Å². The van der Waals surface area contributed by atoms with Gasteiger partial charge in [-0.3, -0.25) is 9.78 Å². The Labute approximate surface area is 174 Å². The van der Waals surface area contributed by atoms with Crippen molar-refractivity contribution in [2.45, 2.75) is 31.3 Å². The van der Waals surface area contributed by atoms with Crippen molar-refractivity contribution in [1.82, 2.24) is 9.97 Å². The second-order valence-electron chi connectivity index (χ2n) is 7.85. The lowest BCUT2D eigenvalue weighted by atomic mass is 9.74. The molecule has 1 amide bonds. The number of hydrogen-bond acceptors (Lipinski definition) is 5. The minimum Gasteiger partial charge on any atom is -0.451 e. The minimum atomic E-state index is -0.582. The Morgan fingerprint density at radius 2 is 1.70 bits per heavy atom. The molecule has 1 fully saturated rings. The van der Waals surface area contributed by atoms with E-state index in [-0.39, 0.29) is 17.8 Å². The van der Waals surface area contributed by atoms with E-state index in [1.165, 1.54) is 0 Å². The number of carbonyl (C=O) groups excluding carboxylic acids is 2. The number of ether oxygens (including phenoxy) is 1. The molecule has 1 N–H and O–H groups in total. The third-order valence-electron chi connectivity index (χ3n) is 6.06. The van der Waals surface area contributed by atoms with Crippen LogP contribution in [0.15, 0.2) is 67.0 Å². The van der Waals surface area contributed by atoms with Crippen molar-refractivity contribution >= 4 is 17.7 Å². The van der Waals surface area contributed by atoms with E-state index in [2.05, 4.69) is 15.3 Å². The number of carbonyl (C=O) groups is 2. The van der Waals surface area contributed by atoms with Crippen LogP contribution in [-0.4, -0.2) is 21.8 Å². The summed E-state index contributed by atoms with van der Waals surface area (Å²) in [4.78, 5) is 33.7. The lowest BCUT2D eigenvalue weighted by Gasteiger charge is -2.35. The number of nitrogens with zero attached hydrogens (tertiary/aromatic N) is 2. The van der Waals surface area contributed by atoms with Gasteiger partial charge in [0, 0.05) is 17.0 Å². The number of rotatable bonds is 3. The van der Waals surface area contributed by atoms with Crippen LogP contribution in [-0.2, 0) is 15.1 Å². The summed E-state index contributed by atoms with van der Waals surface area (Å²) in [6.45, 7) is 0. The molecule has 0 unspecified atom stereocenters. The molecule has 30 heavy (non-hydrogen) atoms. The van der Waals surface area contributed by atoms with E-state index in [0.29, 0.717) is 37.1 Å². The molecule has 2 heterocycles. The van der Waals surface area contributed by atoms with E-state index < -0.39 is 5.60 Å². The van der Waals surface area contributed by atoms with E-state index in [1.807, 2.05) is 54.6 Å². The molecule has 1 saturated carbocycles. The maximum absolute atomic E-state index is 12.7. The molecule has 0 radical (unpaired) electrons. The van der Waals surface area contributed by atoms with Gasteiger partial charge in [-0.25, -0.2) is 9.78 Å². The summed E-state index contributed by atoms with van der Waals surface area (Å²) in [6.07, 6.45) is 5.85. The first-order valence-corrected chi connectivity index (χ1v) is 10.2. The van der Waals surface area contributed by atoms with Crippen LogP contribution in [0.3, 0.4) is 0 Å². The van der Waals surface area contributed by atoms with Gasteiger partial charge in [-0.1, -0.05) is 48.5 Å². The number of esters is 1. The van der Waals surface area contributed by atoms with Gasteiger partial charge in [0.05, 0.1) is 23.7 Å². The Bertz CT molecular complexity index is 1090. The highest BCUT2D eigenvalue weighted by molar-refractivity contribution is 5.95. The lowest BCUT2D eigenvalue weighted by molar-refractivity contribution is -0.122. The molecule has 0 atom stereocenters. The minimum absolute atomic E-state index is 0.0655. The first-order valence-electron chi connectivity index (χ1n) is 10.2. The molecule has 0 saturated heterocycles. The Balaban J connectivity index is 1.23. The third kappa shape index (κ3) is 3.24. The second kappa shape index (κ2) is 7.37. The number of benzene rings is 2. The summed E-state index contributed by atoms with van der Waals surface area (Å²) in [7, 11) is 0. The van der Waals surface area contributed by atoms with Gasteiger partial charge in [0.2, 0.25) is 5.91 Å². The van der Waals surface area contributed by atoms with E-state index >= 15 is 0 Å². The molecule has 5 rings (SSSR count). The van der Waals surface area contributed by atoms with Crippen molar-refractivity contribution in [2.75, 3.05) is 5.32 Å². The molecule has 150 valence electrons. The summed E-state index contributed by atoms with van der Waals surface area (Å²) < 4.78 is 5.77. The molecular weight excluding hydrogens is 378 g/mol. The van der Waals surface area contributed by atoms with E-state index in [4.69, 9.17) is 4.74 Å². The van der Waals surface area contributed by atoms with Crippen LogP contribution in [0.5, 0.6) is 0 Å². The molecule has 2 aromatic carbocycles. The fraction of sp³-hybridized carbons (Fsp3) is 0.250. The number of anilines is 1. The summed E-state index contributed by atoms with van der Waals surface area (Å²) in [6, 6.07) is 17.3. The van der Waals surface area contributed by atoms with Crippen LogP contribution in [0.1, 0.15) is 41.6 Å². The van der Waals surface area contributed by atoms with Gasteiger partial charge in [0.1, 0.15) is 5.60 Å². The quantitative estimate of drug-likeness (QED) is 0.663. The zero-order valence-corrected chi connectivity index (χ0v) is 16.4. The molecular formula is C24H21N3O3. The molecule has 2 aliphatic rings. The van der Waals surface area contributed by atoms with Crippen LogP contribution in [0.2, 0.25) is 0 Å². The first-order chi connectivity index (χ1) is 14.6. The van der Waals surface area contributed by atoms with Crippen LogP contribution < -0.4 is 5.32 Å². The van der Waals surface area contributed by atoms with Gasteiger partial charge in [-0.15, -0.1) is 0 Å². The summed E-state index contributed by atoms with van der Waals surface area (Å²) in [5.74, 6) is -0.0261. The van der Waals surface area contributed by atoms with Gasteiger partial charge in [0.25, 0.3) is 0 Å². The summed E-state index contributed by atoms with van der Waals surface area (Å²) in [5.41, 5.74) is 2.76. The fourth-order valence-corrected chi connectivity index (χ4v) is 4.44. The summed E-state index contributed by atoms with van der Waals surface area (Å²) >= 11 is 0. The smallest absolute Gasteiger partial charge is 0.339 e. The number of nitrogens with one attached hydrogen (secondary N) is 1. The molecule has 6 heteroatoms. The van der Waals surface area contributed by atoms with Crippen molar-refractivity contribution in [3.05, 3.63) is 78.1 Å². The van der Waals surface area contributed by atoms with Gasteiger partial charge in [-0.05, 0) is 31.7 Å². The molecule has 3 aromatic rings. The Kier molecular flexibility index (Phi) is 4.54. The Hall–Kier alpha value is -3.54. The zero-order chi connectivity index (χ0) is 20.6. The predicted molar refractivity (Wildman–Crippen MR) is 112 cm³/mol. The molecule has 1 aromatic heterocycles. The lowest BCUT2D eigenvalue weighted by Crippen LogP contribution is -2.36. The molecule has 0 bridgehead atoms. The van der Waals surface area contributed by atoms with E-state index in [1.54, 1.807) is 12.4 Å². The number of hydrogen-bond donors (Lipinski definition) is 1.